The Labute approximate surface area is 144 Å². The number of hydrogen-bond donors (Lipinski definition) is 1. The zero-order valence-corrected chi connectivity index (χ0v) is 13.9. The third-order valence-electron chi connectivity index (χ3n) is 4.55. The summed E-state index contributed by atoms with van der Waals surface area (Å²) in [4.78, 5) is 37.9. The molecule has 8 heteroatoms. The third-order valence-corrected chi connectivity index (χ3v) is 4.55. The maximum atomic E-state index is 12.5. The van der Waals surface area contributed by atoms with Crippen LogP contribution < -0.4 is 11.3 Å². The average molecular weight is 343 g/mol. The van der Waals surface area contributed by atoms with Crippen molar-refractivity contribution in [2.24, 2.45) is 5.73 Å². The van der Waals surface area contributed by atoms with Crippen LogP contribution in [0, 0.1) is 0 Å². The van der Waals surface area contributed by atoms with E-state index in [4.69, 9.17) is 5.73 Å². The molecule has 8 nitrogen and oxygen atoms in total. The molecule has 1 aliphatic heterocycles. The van der Waals surface area contributed by atoms with Gasteiger partial charge in [-0.05, 0) is 31.4 Å². The van der Waals surface area contributed by atoms with Crippen molar-refractivity contribution in [2.45, 2.75) is 44.7 Å². The summed E-state index contributed by atoms with van der Waals surface area (Å²) in [6, 6.07) is 6.83. The van der Waals surface area contributed by atoms with E-state index in [2.05, 4.69) is 10.3 Å². The number of carbonyl (C=O) groups is 2. The molecule has 0 radical (unpaired) electrons. The smallest absolute Gasteiger partial charge is 0.277 e. The van der Waals surface area contributed by atoms with Gasteiger partial charge in [0.25, 0.3) is 5.56 Å². The Morgan fingerprint density at radius 1 is 1.24 bits per heavy atom. The Balaban J connectivity index is 1.70. The molecular formula is C17H21N5O3. The predicted molar refractivity (Wildman–Crippen MR) is 91.6 cm³/mol. The lowest BCUT2D eigenvalue weighted by atomic mass is 9.98. The first-order valence-corrected chi connectivity index (χ1v) is 8.46. The van der Waals surface area contributed by atoms with Gasteiger partial charge < -0.3 is 10.6 Å². The third kappa shape index (κ3) is 3.84. The summed E-state index contributed by atoms with van der Waals surface area (Å²) in [5.41, 5.74) is 5.56. The fourth-order valence-electron chi connectivity index (χ4n) is 3.29. The number of fused-ring (bicyclic) bond motifs is 1. The lowest BCUT2D eigenvalue weighted by molar-refractivity contribution is -0.136. The largest absolute Gasteiger partial charge is 0.370 e. The van der Waals surface area contributed by atoms with E-state index < -0.39 is 5.91 Å². The van der Waals surface area contributed by atoms with Crippen molar-refractivity contribution in [1.29, 1.82) is 0 Å². The van der Waals surface area contributed by atoms with Gasteiger partial charge in [0.15, 0.2) is 0 Å². The normalized spacial score (nSPS) is 17.6. The molecule has 0 spiro atoms. The SMILES string of the molecule is NC(=O)CC1CCCCN1C(=O)CCn1nnc2ccccc2c1=O. The molecule has 2 heterocycles. The predicted octanol–water partition coefficient (Wildman–Crippen LogP) is 0.438. The summed E-state index contributed by atoms with van der Waals surface area (Å²) in [5.74, 6) is -0.492. The lowest BCUT2D eigenvalue weighted by Crippen LogP contribution is -2.46. The van der Waals surface area contributed by atoms with E-state index in [0.717, 1.165) is 19.3 Å². The highest BCUT2D eigenvalue weighted by Gasteiger charge is 2.27. The average Bonchev–Trinajstić information content (AvgIpc) is 2.61. The Kier molecular flexibility index (Phi) is 5.06. The van der Waals surface area contributed by atoms with Crippen molar-refractivity contribution in [1.82, 2.24) is 19.9 Å². The minimum atomic E-state index is -0.402. The molecule has 2 amide bonds. The van der Waals surface area contributed by atoms with Gasteiger partial charge in [-0.3, -0.25) is 14.4 Å². The van der Waals surface area contributed by atoms with Crippen LogP contribution in [0.4, 0.5) is 0 Å². The van der Waals surface area contributed by atoms with Gasteiger partial charge in [-0.2, -0.15) is 0 Å². The lowest BCUT2D eigenvalue weighted by Gasteiger charge is -2.35. The van der Waals surface area contributed by atoms with Crippen LogP contribution in [0.25, 0.3) is 10.9 Å². The molecule has 0 aliphatic carbocycles. The molecule has 0 bridgehead atoms. The van der Waals surface area contributed by atoms with Crippen molar-refractivity contribution in [2.75, 3.05) is 6.54 Å². The summed E-state index contributed by atoms with van der Waals surface area (Å²) in [5, 5.41) is 8.39. The minimum absolute atomic E-state index is 0.0900. The molecule has 1 saturated heterocycles. The second-order valence-corrected chi connectivity index (χ2v) is 6.29. The topological polar surface area (TPSA) is 111 Å². The molecule has 1 aromatic carbocycles. The monoisotopic (exact) mass is 343 g/mol. The van der Waals surface area contributed by atoms with E-state index in [1.165, 1.54) is 4.68 Å². The number of rotatable bonds is 5. The highest BCUT2D eigenvalue weighted by atomic mass is 16.2. The molecule has 1 fully saturated rings. The number of benzene rings is 1. The molecule has 1 atom stereocenters. The number of nitrogens with two attached hydrogens (primary N) is 1. The highest BCUT2D eigenvalue weighted by Crippen LogP contribution is 2.20. The number of piperidine rings is 1. The van der Waals surface area contributed by atoms with Gasteiger partial charge >= 0.3 is 0 Å². The quantitative estimate of drug-likeness (QED) is 0.846. The molecule has 0 saturated carbocycles. The van der Waals surface area contributed by atoms with Gasteiger partial charge in [0.1, 0.15) is 5.52 Å². The summed E-state index contributed by atoms with van der Waals surface area (Å²) in [7, 11) is 0. The Morgan fingerprint density at radius 2 is 2.04 bits per heavy atom. The minimum Gasteiger partial charge on any atom is -0.370 e. The van der Waals surface area contributed by atoms with Crippen LogP contribution in [-0.2, 0) is 16.1 Å². The first kappa shape index (κ1) is 17.1. The number of aromatic nitrogens is 3. The molecule has 1 unspecified atom stereocenters. The summed E-state index contributed by atoms with van der Waals surface area (Å²) < 4.78 is 1.22. The second-order valence-electron chi connectivity index (χ2n) is 6.29. The second kappa shape index (κ2) is 7.42. The summed E-state index contributed by atoms with van der Waals surface area (Å²) in [6.45, 7) is 0.782. The van der Waals surface area contributed by atoms with Gasteiger partial charge in [0, 0.05) is 25.4 Å². The van der Waals surface area contributed by atoms with Crippen LogP contribution in [0.3, 0.4) is 0 Å². The Bertz CT molecular complexity index is 848. The standard InChI is InChI=1S/C17H21N5O3/c18-15(23)11-12-5-3-4-9-21(12)16(24)8-10-22-17(25)13-6-1-2-7-14(13)19-20-22/h1-2,6-7,12H,3-5,8-11H2,(H2,18,23). The number of carbonyl (C=O) groups excluding carboxylic acids is 2. The number of nitrogens with zero attached hydrogens (tertiary/aromatic N) is 4. The molecule has 25 heavy (non-hydrogen) atoms. The van der Waals surface area contributed by atoms with Crippen LogP contribution in [-0.4, -0.2) is 44.3 Å². The number of amides is 2. The van der Waals surface area contributed by atoms with Gasteiger partial charge in [-0.15, -0.1) is 5.10 Å². The summed E-state index contributed by atoms with van der Waals surface area (Å²) in [6.07, 6.45) is 3.00. The molecule has 2 N–H and O–H groups in total. The first-order chi connectivity index (χ1) is 12.1. The zero-order valence-electron chi connectivity index (χ0n) is 13.9. The van der Waals surface area contributed by atoms with Crippen molar-refractivity contribution in [3.63, 3.8) is 0 Å². The number of aryl methyl sites for hydroxylation is 1. The molecule has 2 aromatic rings. The molecule has 1 aliphatic rings. The van der Waals surface area contributed by atoms with Crippen molar-refractivity contribution in [3.8, 4) is 0 Å². The molecule has 1 aromatic heterocycles. The fraction of sp³-hybridized carbons (Fsp3) is 0.471. The van der Waals surface area contributed by atoms with E-state index >= 15 is 0 Å². The van der Waals surface area contributed by atoms with E-state index in [1.54, 1.807) is 29.2 Å². The Hall–Kier alpha value is -2.77. The molecule has 3 rings (SSSR count). The zero-order chi connectivity index (χ0) is 17.8. The first-order valence-electron chi connectivity index (χ1n) is 8.46. The number of hydrogen-bond acceptors (Lipinski definition) is 5. The van der Waals surface area contributed by atoms with Gasteiger partial charge in [0.05, 0.1) is 11.9 Å². The van der Waals surface area contributed by atoms with E-state index in [1.807, 2.05) is 0 Å². The maximum absolute atomic E-state index is 12.5. The maximum Gasteiger partial charge on any atom is 0.277 e. The van der Waals surface area contributed by atoms with Crippen LogP contribution >= 0.6 is 0 Å². The van der Waals surface area contributed by atoms with Crippen LogP contribution in [0.15, 0.2) is 29.1 Å². The van der Waals surface area contributed by atoms with E-state index in [9.17, 15) is 14.4 Å². The highest BCUT2D eigenvalue weighted by molar-refractivity contribution is 5.79. The van der Waals surface area contributed by atoms with E-state index in [-0.39, 0.29) is 36.9 Å². The van der Waals surface area contributed by atoms with Crippen molar-refractivity contribution >= 4 is 22.7 Å². The van der Waals surface area contributed by atoms with E-state index in [0.29, 0.717) is 17.4 Å². The summed E-state index contributed by atoms with van der Waals surface area (Å²) >= 11 is 0. The Morgan fingerprint density at radius 3 is 2.84 bits per heavy atom. The number of primary amides is 1. The van der Waals surface area contributed by atoms with Crippen LogP contribution in [0.2, 0.25) is 0 Å². The van der Waals surface area contributed by atoms with Crippen LogP contribution in [0.5, 0.6) is 0 Å². The van der Waals surface area contributed by atoms with Crippen molar-refractivity contribution < 1.29 is 9.59 Å². The van der Waals surface area contributed by atoms with Crippen LogP contribution in [0.1, 0.15) is 32.1 Å². The number of likely N-dealkylation sites (tertiary alicyclic amines) is 1. The van der Waals surface area contributed by atoms with Gasteiger partial charge in [-0.25, -0.2) is 4.68 Å². The van der Waals surface area contributed by atoms with Gasteiger partial charge in [-0.1, -0.05) is 17.3 Å². The molecular weight excluding hydrogens is 322 g/mol. The molecule has 132 valence electrons. The van der Waals surface area contributed by atoms with Gasteiger partial charge in [0.2, 0.25) is 11.8 Å². The fourth-order valence-corrected chi connectivity index (χ4v) is 3.29. The van der Waals surface area contributed by atoms with Crippen molar-refractivity contribution in [3.05, 3.63) is 34.6 Å².